The number of pyridine rings is 1. The minimum Gasteiger partial charge on any atom is -0.397 e. The molecule has 1 aliphatic rings. The lowest BCUT2D eigenvalue weighted by molar-refractivity contribution is 0.145. The second-order valence-corrected chi connectivity index (χ2v) is 4.64. The highest BCUT2D eigenvalue weighted by atomic mass is 79.9. The maximum Gasteiger partial charge on any atom is 0.129 e. The summed E-state index contributed by atoms with van der Waals surface area (Å²) in [6.45, 7) is 1.70. The van der Waals surface area contributed by atoms with Crippen LogP contribution < -0.4 is 10.6 Å². The molecule has 0 spiro atoms. The van der Waals surface area contributed by atoms with Gasteiger partial charge in [0.1, 0.15) is 5.82 Å². The molecule has 15 heavy (non-hydrogen) atoms. The number of halogens is 1. The molecule has 82 valence electrons. The number of nitrogens with zero attached hydrogens (tertiary/aromatic N) is 2. The zero-order valence-electron chi connectivity index (χ0n) is 8.36. The first-order valence-electron chi connectivity index (χ1n) is 5.01. The average Bonchev–Trinajstić information content (AvgIpc) is 2.23. The van der Waals surface area contributed by atoms with E-state index in [1.165, 1.54) is 0 Å². The Balaban J connectivity index is 2.12. The van der Waals surface area contributed by atoms with Crippen molar-refractivity contribution in [1.82, 2.24) is 4.98 Å². The second kappa shape index (κ2) is 4.37. The van der Waals surface area contributed by atoms with Gasteiger partial charge in [-0.1, -0.05) is 0 Å². The first-order valence-corrected chi connectivity index (χ1v) is 5.80. The van der Waals surface area contributed by atoms with Gasteiger partial charge in [0.05, 0.1) is 18.0 Å². The van der Waals surface area contributed by atoms with Crippen LogP contribution >= 0.6 is 15.9 Å². The molecule has 5 heteroatoms. The Morgan fingerprint density at radius 2 is 2.13 bits per heavy atom. The van der Waals surface area contributed by atoms with Gasteiger partial charge in [-0.25, -0.2) is 4.98 Å². The number of aliphatic hydroxyl groups excluding tert-OH is 1. The van der Waals surface area contributed by atoms with E-state index < -0.39 is 0 Å². The lowest BCUT2D eigenvalue weighted by atomic mass is 10.1. The third-order valence-corrected chi connectivity index (χ3v) is 3.34. The standard InChI is InChI=1S/C10H14BrN3O/c11-8-5-10(13-6-9(8)12)14-3-1-7(15)2-4-14/h5-7,15H,1-4,12H2. The third kappa shape index (κ3) is 2.41. The van der Waals surface area contributed by atoms with E-state index in [0.717, 1.165) is 36.2 Å². The summed E-state index contributed by atoms with van der Waals surface area (Å²) in [6, 6.07) is 1.92. The van der Waals surface area contributed by atoms with Crippen molar-refractivity contribution >= 4 is 27.4 Å². The molecule has 1 aromatic rings. The SMILES string of the molecule is Nc1cnc(N2CCC(O)CC2)cc1Br. The minimum absolute atomic E-state index is 0.154. The molecule has 4 nitrogen and oxygen atoms in total. The number of aliphatic hydroxyl groups is 1. The number of piperidine rings is 1. The van der Waals surface area contributed by atoms with Gasteiger partial charge < -0.3 is 15.7 Å². The van der Waals surface area contributed by atoms with Crippen LogP contribution in [0.25, 0.3) is 0 Å². The van der Waals surface area contributed by atoms with Crippen molar-refractivity contribution in [3.63, 3.8) is 0 Å². The Bertz CT molecular complexity index is 351. The molecule has 3 N–H and O–H groups in total. The van der Waals surface area contributed by atoms with Crippen molar-refractivity contribution in [3.05, 3.63) is 16.7 Å². The number of nitrogens with two attached hydrogens (primary N) is 1. The van der Waals surface area contributed by atoms with Crippen molar-refractivity contribution in [2.45, 2.75) is 18.9 Å². The fourth-order valence-electron chi connectivity index (χ4n) is 1.70. The predicted octanol–water partition coefficient (Wildman–Crippen LogP) is 1.39. The third-order valence-electron chi connectivity index (χ3n) is 2.66. The van der Waals surface area contributed by atoms with Crippen molar-refractivity contribution in [3.8, 4) is 0 Å². The maximum atomic E-state index is 9.40. The molecule has 0 aliphatic carbocycles. The van der Waals surface area contributed by atoms with Crippen LogP contribution in [0.1, 0.15) is 12.8 Å². The molecule has 0 amide bonds. The molecule has 2 heterocycles. The van der Waals surface area contributed by atoms with Crippen molar-refractivity contribution in [2.75, 3.05) is 23.7 Å². The van der Waals surface area contributed by atoms with Crippen LogP contribution in [0.4, 0.5) is 11.5 Å². The Morgan fingerprint density at radius 3 is 2.73 bits per heavy atom. The Hall–Kier alpha value is -0.810. The van der Waals surface area contributed by atoms with Gasteiger partial charge >= 0.3 is 0 Å². The quantitative estimate of drug-likeness (QED) is 0.811. The first kappa shape index (κ1) is 10.7. The lowest BCUT2D eigenvalue weighted by Crippen LogP contribution is -2.36. The molecule has 1 aromatic heterocycles. The number of hydrogen-bond acceptors (Lipinski definition) is 4. The molecule has 1 aliphatic heterocycles. The summed E-state index contributed by atoms with van der Waals surface area (Å²) < 4.78 is 0.874. The van der Waals surface area contributed by atoms with Gasteiger partial charge in [-0.15, -0.1) is 0 Å². The Kier molecular flexibility index (Phi) is 3.11. The van der Waals surface area contributed by atoms with E-state index in [9.17, 15) is 5.11 Å². The van der Waals surface area contributed by atoms with E-state index in [2.05, 4.69) is 25.8 Å². The predicted molar refractivity (Wildman–Crippen MR) is 63.8 cm³/mol. The Morgan fingerprint density at radius 1 is 1.47 bits per heavy atom. The van der Waals surface area contributed by atoms with E-state index >= 15 is 0 Å². The summed E-state index contributed by atoms with van der Waals surface area (Å²) in [6.07, 6.45) is 3.12. The number of nitrogen functional groups attached to an aromatic ring is 1. The van der Waals surface area contributed by atoms with Crippen LogP contribution in [-0.2, 0) is 0 Å². The largest absolute Gasteiger partial charge is 0.397 e. The highest BCUT2D eigenvalue weighted by molar-refractivity contribution is 9.10. The molecule has 0 radical (unpaired) electrons. The van der Waals surface area contributed by atoms with Crippen molar-refractivity contribution in [1.29, 1.82) is 0 Å². The first-order chi connectivity index (χ1) is 7.16. The molecule has 1 saturated heterocycles. The number of aromatic nitrogens is 1. The highest BCUT2D eigenvalue weighted by Gasteiger charge is 2.18. The summed E-state index contributed by atoms with van der Waals surface area (Å²) in [4.78, 5) is 6.44. The molecule has 0 saturated carbocycles. The van der Waals surface area contributed by atoms with Crippen LogP contribution in [0.2, 0.25) is 0 Å². The van der Waals surface area contributed by atoms with Gasteiger partial charge in [0.2, 0.25) is 0 Å². The van der Waals surface area contributed by atoms with E-state index in [4.69, 9.17) is 5.73 Å². The van der Waals surface area contributed by atoms with Gasteiger partial charge in [0, 0.05) is 17.6 Å². The summed E-state index contributed by atoms with van der Waals surface area (Å²) in [5.74, 6) is 0.919. The van der Waals surface area contributed by atoms with Crippen LogP contribution in [-0.4, -0.2) is 29.3 Å². The van der Waals surface area contributed by atoms with E-state index in [1.54, 1.807) is 6.20 Å². The zero-order valence-corrected chi connectivity index (χ0v) is 9.94. The number of rotatable bonds is 1. The second-order valence-electron chi connectivity index (χ2n) is 3.78. The summed E-state index contributed by atoms with van der Waals surface area (Å²) in [5.41, 5.74) is 6.32. The maximum absolute atomic E-state index is 9.40. The van der Waals surface area contributed by atoms with Gasteiger partial charge in [-0.3, -0.25) is 0 Å². The highest BCUT2D eigenvalue weighted by Crippen LogP contribution is 2.25. The van der Waals surface area contributed by atoms with Gasteiger partial charge in [0.15, 0.2) is 0 Å². The number of anilines is 2. The van der Waals surface area contributed by atoms with Crippen LogP contribution in [0, 0.1) is 0 Å². The van der Waals surface area contributed by atoms with Gasteiger partial charge in [-0.2, -0.15) is 0 Å². The summed E-state index contributed by atoms with van der Waals surface area (Å²) in [7, 11) is 0. The average molecular weight is 272 g/mol. The molecule has 0 atom stereocenters. The molecule has 0 bridgehead atoms. The molecule has 0 aromatic carbocycles. The smallest absolute Gasteiger partial charge is 0.129 e. The number of hydrogen-bond donors (Lipinski definition) is 2. The Labute approximate surface area is 97.2 Å². The summed E-state index contributed by atoms with van der Waals surface area (Å²) >= 11 is 3.38. The zero-order chi connectivity index (χ0) is 10.8. The molecular weight excluding hydrogens is 258 g/mol. The van der Waals surface area contributed by atoms with E-state index in [-0.39, 0.29) is 6.10 Å². The fourth-order valence-corrected chi connectivity index (χ4v) is 2.01. The minimum atomic E-state index is -0.154. The van der Waals surface area contributed by atoms with Crippen molar-refractivity contribution < 1.29 is 5.11 Å². The van der Waals surface area contributed by atoms with Gasteiger partial charge in [-0.05, 0) is 34.8 Å². The lowest BCUT2D eigenvalue weighted by Gasteiger charge is -2.30. The topological polar surface area (TPSA) is 62.4 Å². The van der Waals surface area contributed by atoms with Gasteiger partial charge in [0.25, 0.3) is 0 Å². The molecule has 2 rings (SSSR count). The monoisotopic (exact) mass is 271 g/mol. The molecule has 1 fully saturated rings. The molecular formula is C10H14BrN3O. The van der Waals surface area contributed by atoms with Crippen molar-refractivity contribution in [2.24, 2.45) is 0 Å². The van der Waals surface area contributed by atoms with Crippen LogP contribution in [0.5, 0.6) is 0 Å². The van der Waals surface area contributed by atoms with E-state index in [0.29, 0.717) is 5.69 Å². The summed E-state index contributed by atoms with van der Waals surface area (Å²) in [5, 5.41) is 9.40. The molecule has 0 unspecified atom stereocenters. The van der Waals surface area contributed by atoms with E-state index in [1.807, 2.05) is 6.07 Å². The van der Waals surface area contributed by atoms with Crippen LogP contribution in [0.15, 0.2) is 16.7 Å². The normalized spacial score (nSPS) is 18.1. The van der Waals surface area contributed by atoms with Crippen LogP contribution in [0.3, 0.4) is 0 Å². The fraction of sp³-hybridized carbons (Fsp3) is 0.500.